The van der Waals surface area contributed by atoms with Gasteiger partial charge in [-0.1, -0.05) is 26.0 Å². The van der Waals surface area contributed by atoms with E-state index in [0.717, 1.165) is 17.1 Å². The van der Waals surface area contributed by atoms with Gasteiger partial charge in [0.15, 0.2) is 5.82 Å². The van der Waals surface area contributed by atoms with Gasteiger partial charge in [0, 0.05) is 33.0 Å². The highest BCUT2D eigenvalue weighted by atomic mass is 16.1. The Bertz CT molecular complexity index is 900. The quantitative estimate of drug-likeness (QED) is 0.728. The van der Waals surface area contributed by atoms with E-state index in [4.69, 9.17) is 0 Å². The van der Waals surface area contributed by atoms with E-state index >= 15 is 0 Å². The number of carbonyl (C=O) groups excluding carboxylic acids is 1. The first-order valence-electron chi connectivity index (χ1n) is 8.87. The van der Waals surface area contributed by atoms with E-state index in [1.807, 2.05) is 63.2 Å². The molecular weight excluding hydrogens is 340 g/mol. The molecule has 1 amide bonds. The van der Waals surface area contributed by atoms with Crippen LogP contribution in [-0.2, 0) is 6.54 Å². The van der Waals surface area contributed by atoms with E-state index in [-0.39, 0.29) is 11.8 Å². The molecule has 3 heterocycles. The second-order valence-corrected chi connectivity index (χ2v) is 6.80. The van der Waals surface area contributed by atoms with Gasteiger partial charge in [-0.3, -0.25) is 4.79 Å². The molecule has 0 saturated heterocycles. The molecule has 3 rings (SSSR count). The van der Waals surface area contributed by atoms with Crippen LogP contribution in [0.25, 0.3) is 5.82 Å². The van der Waals surface area contributed by atoms with Gasteiger partial charge in [-0.05, 0) is 29.7 Å². The third-order valence-electron chi connectivity index (χ3n) is 4.18. The van der Waals surface area contributed by atoms with Crippen LogP contribution >= 0.6 is 0 Å². The highest BCUT2D eigenvalue weighted by Crippen LogP contribution is 2.22. The van der Waals surface area contributed by atoms with Crippen LogP contribution in [0.3, 0.4) is 0 Å². The Hall–Kier alpha value is -3.22. The summed E-state index contributed by atoms with van der Waals surface area (Å²) in [7, 11) is 3.88. The molecule has 7 nitrogen and oxygen atoms in total. The van der Waals surface area contributed by atoms with Gasteiger partial charge in [-0.15, -0.1) is 0 Å². The van der Waals surface area contributed by atoms with Crippen molar-refractivity contribution in [1.29, 1.82) is 0 Å². The van der Waals surface area contributed by atoms with Gasteiger partial charge >= 0.3 is 0 Å². The van der Waals surface area contributed by atoms with Crippen molar-refractivity contribution < 1.29 is 4.79 Å². The number of nitrogens with zero attached hydrogens (tertiary/aromatic N) is 5. The number of aromatic nitrogens is 4. The van der Waals surface area contributed by atoms with Gasteiger partial charge in [0.25, 0.3) is 5.91 Å². The lowest BCUT2D eigenvalue weighted by Gasteiger charge is -2.13. The average Bonchev–Trinajstić information content (AvgIpc) is 3.12. The number of nitrogens with one attached hydrogen (secondary N) is 1. The first kappa shape index (κ1) is 18.6. The average molecular weight is 364 g/mol. The second-order valence-electron chi connectivity index (χ2n) is 6.80. The standard InChI is InChI=1S/C20H24N6O/c1-14(2)19-16(13-24-26(19)18-7-5-6-10-21-18)20(27)23-12-15-8-9-17(22-11-15)25(3)4/h5-11,13-14H,12H2,1-4H3,(H,23,27). The molecule has 0 aliphatic carbocycles. The summed E-state index contributed by atoms with van der Waals surface area (Å²) in [6, 6.07) is 9.52. The van der Waals surface area contributed by atoms with Crippen LogP contribution in [0, 0.1) is 0 Å². The lowest BCUT2D eigenvalue weighted by Crippen LogP contribution is -2.24. The predicted octanol–water partition coefficient (Wildman–Crippen LogP) is 2.78. The summed E-state index contributed by atoms with van der Waals surface area (Å²) in [5.74, 6) is 1.54. The van der Waals surface area contributed by atoms with Crippen molar-refractivity contribution in [2.75, 3.05) is 19.0 Å². The van der Waals surface area contributed by atoms with Crippen molar-refractivity contribution in [2.24, 2.45) is 0 Å². The van der Waals surface area contributed by atoms with Gasteiger partial charge in [0.1, 0.15) is 5.82 Å². The van der Waals surface area contributed by atoms with E-state index in [2.05, 4.69) is 20.4 Å². The molecule has 27 heavy (non-hydrogen) atoms. The van der Waals surface area contributed by atoms with Crippen LogP contribution in [0.4, 0.5) is 5.82 Å². The van der Waals surface area contributed by atoms with E-state index < -0.39 is 0 Å². The monoisotopic (exact) mass is 364 g/mol. The third-order valence-corrected chi connectivity index (χ3v) is 4.18. The molecule has 3 aromatic heterocycles. The van der Waals surface area contributed by atoms with E-state index in [9.17, 15) is 4.79 Å². The third kappa shape index (κ3) is 4.13. The molecule has 1 N–H and O–H groups in total. The summed E-state index contributed by atoms with van der Waals surface area (Å²) in [5, 5.41) is 7.35. The van der Waals surface area contributed by atoms with E-state index in [1.54, 1.807) is 23.3 Å². The Morgan fingerprint density at radius 3 is 2.56 bits per heavy atom. The highest BCUT2D eigenvalue weighted by Gasteiger charge is 2.21. The molecule has 0 spiro atoms. The topological polar surface area (TPSA) is 75.9 Å². The summed E-state index contributed by atoms with van der Waals surface area (Å²) in [4.78, 5) is 23.4. The molecule has 0 bridgehead atoms. The fourth-order valence-electron chi connectivity index (χ4n) is 2.81. The van der Waals surface area contributed by atoms with E-state index in [1.165, 1.54) is 0 Å². The summed E-state index contributed by atoms with van der Waals surface area (Å²) >= 11 is 0. The van der Waals surface area contributed by atoms with Gasteiger partial charge < -0.3 is 10.2 Å². The fourth-order valence-corrected chi connectivity index (χ4v) is 2.81. The summed E-state index contributed by atoms with van der Waals surface area (Å²) in [6.07, 6.45) is 5.09. The van der Waals surface area contributed by atoms with Crippen LogP contribution in [0.1, 0.15) is 41.4 Å². The highest BCUT2D eigenvalue weighted by molar-refractivity contribution is 5.95. The van der Waals surface area contributed by atoms with Crippen molar-refractivity contribution in [3.05, 3.63) is 65.7 Å². The van der Waals surface area contributed by atoms with E-state index in [0.29, 0.717) is 17.9 Å². The van der Waals surface area contributed by atoms with Crippen LogP contribution in [0.2, 0.25) is 0 Å². The fraction of sp³-hybridized carbons (Fsp3) is 0.300. The molecule has 0 unspecified atom stereocenters. The predicted molar refractivity (Wildman–Crippen MR) is 105 cm³/mol. The number of rotatable bonds is 6. The zero-order valence-electron chi connectivity index (χ0n) is 16.0. The Morgan fingerprint density at radius 2 is 1.96 bits per heavy atom. The molecule has 0 aliphatic heterocycles. The summed E-state index contributed by atoms with van der Waals surface area (Å²) < 4.78 is 1.73. The SMILES string of the molecule is CC(C)c1c(C(=O)NCc2ccc(N(C)C)nc2)cnn1-c1ccccn1. The van der Waals surface area contributed by atoms with Crippen LogP contribution in [-0.4, -0.2) is 39.8 Å². The molecular formula is C20H24N6O. The molecule has 0 aliphatic rings. The minimum atomic E-state index is -0.155. The molecule has 0 fully saturated rings. The Balaban J connectivity index is 1.77. The summed E-state index contributed by atoms with van der Waals surface area (Å²) in [6.45, 7) is 4.49. The van der Waals surface area contributed by atoms with Crippen LogP contribution in [0.15, 0.2) is 48.9 Å². The van der Waals surface area contributed by atoms with Gasteiger partial charge in [0.05, 0.1) is 17.5 Å². The minimum Gasteiger partial charge on any atom is -0.363 e. The Labute approximate surface area is 159 Å². The molecule has 0 radical (unpaired) electrons. The maximum absolute atomic E-state index is 12.7. The Morgan fingerprint density at radius 1 is 1.15 bits per heavy atom. The van der Waals surface area contributed by atoms with Crippen molar-refractivity contribution >= 4 is 11.7 Å². The van der Waals surface area contributed by atoms with Crippen molar-refractivity contribution in [3.8, 4) is 5.82 Å². The van der Waals surface area contributed by atoms with Gasteiger partial charge in [-0.2, -0.15) is 5.10 Å². The van der Waals surface area contributed by atoms with Crippen molar-refractivity contribution in [1.82, 2.24) is 25.1 Å². The van der Waals surface area contributed by atoms with Gasteiger partial charge in [0.2, 0.25) is 0 Å². The normalized spacial score (nSPS) is 10.9. The zero-order chi connectivity index (χ0) is 19.4. The first-order chi connectivity index (χ1) is 13.0. The lowest BCUT2D eigenvalue weighted by molar-refractivity contribution is 0.0949. The lowest BCUT2D eigenvalue weighted by atomic mass is 10.1. The number of hydrogen-bond donors (Lipinski definition) is 1. The summed E-state index contributed by atoms with van der Waals surface area (Å²) in [5.41, 5.74) is 2.35. The number of hydrogen-bond acceptors (Lipinski definition) is 5. The number of carbonyl (C=O) groups is 1. The number of anilines is 1. The van der Waals surface area contributed by atoms with Gasteiger partial charge in [-0.25, -0.2) is 14.6 Å². The maximum Gasteiger partial charge on any atom is 0.255 e. The van der Waals surface area contributed by atoms with Crippen molar-refractivity contribution in [2.45, 2.75) is 26.3 Å². The molecule has 0 atom stereocenters. The molecule has 0 saturated carbocycles. The number of pyridine rings is 2. The van der Waals surface area contributed by atoms with Crippen molar-refractivity contribution in [3.63, 3.8) is 0 Å². The largest absolute Gasteiger partial charge is 0.363 e. The number of amides is 1. The molecule has 0 aromatic carbocycles. The molecule has 7 heteroatoms. The Kier molecular flexibility index (Phi) is 5.49. The second kappa shape index (κ2) is 7.99. The molecule has 140 valence electrons. The van der Waals surface area contributed by atoms with Crippen LogP contribution < -0.4 is 10.2 Å². The minimum absolute atomic E-state index is 0.122. The first-order valence-corrected chi connectivity index (χ1v) is 8.87. The van der Waals surface area contributed by atoms with Crippen LogP contribution in [0.5, 0.6) is 0 Å². The smallest absolute Gasteiger partial charge is 0.255 e. The maximum atomic E-state index is 12.7. The zero-order valence-corrected chi connectivity index (χ0v) is 16.0. The molecule has 3 aromatic rings.